The van der Waals surface area contributed by atoms with Gasteiger partial charge in [0.25, 0.3) is 5.92 Å². The Hall–Kier alpha value is -2.91. The molecule has 1 aliphatic carbocycles. The highest BCUT2D eigenvalue weighted by molar-refractivity contribution is 7.89. The summed E-state index contributed by atoms with van der Waals surface area (Å²) in [6.45, 7) is 6.56. The highest BCUT2D eigenvalue weighted by atomic mass is 35.5. The molecule has 1 aromatic carbocycles. The van der Waals surface area contributed by atoms with Gasteiger partial charge in [-0.1, -0.05) is 11.6 Å². The molecule has 2 aromatic rings. The number of rotatable bonds is 12. The maximum atomic E-state index is 16.0. The Morgan fingerprint density at radius 2 is 1.66 bits per heavy atom. The van der Waals surface area contributed by atoms with Crippen molar-refractivity contribution < 1.29 is 31.3 Å². The molecule has 50 heavy (non-hydrogen) atoms. The number of aromatic nitrogens is 1. The van der Waals surface area contributed by atoms with E-state index in [1.807, 2.05) is 0 Å². The number of hydrogen-bond donors (Lipinski definition) is 2. The zero-order valence-electron chi connectivity index (χ0n) is 28.5. The molecule has 0 radical (unpaired) electrons. The van der Waals surface area contributed by atoms with Crippen LogP contribution in [0, 0.1) is 11.8 Å². The lowest BCUT2D eigenvalue weighted by atomic mass is 9.77. The van der Waals surface area contributed by atoms with Gasteiger partial charge in [-0.2, -0.15) is 4.31 Å². The van der Waals surface area contributed by atoms with Gasteiger partial charge in [0.2, 0.25) is 21.8 Å². The van der Waals surface area contributed by atoms with Crippen molar-refractivity contribution in [3.8, 4) is 0 Å². The number of hydrogen-bond acceptors (Lipinski definition) is 7. The molecule has 4 fully saturated rings. The molecule has 11 nitrogen and oxygen atoms in total. The summed E-state index contributed by atoms with van der Waals surface area (Å²) in [7, 11) is -3.80. The molecule has 1 saturated carbocycles. The number of quaternary nitrogens is 1. The molecule has 0 bridgehead atoms. The first kappa shape index (κ1) is 36.9. The smallest absolute Gasteiger partial charge is 0.276 e. The topological polar surface area (TPSA) is 129 Å². The molecule has 0 unspecified atom stereocenters. The van der Waals surface area contributed by atoms with Gasteiger partial charge >= 0.3 is 0 Å². The van der Waals surface area contributed by atoms with Gasteiger partial charge in [0, 0.05) is 81.6 Å². The fourth-order valence-electron chi connectivity index (χ4n) is 8.22. The minimum atomic E-state index is -3.80. The first-order chi connectivity index (χ1) is 23.9. The van der Waals surface area contributed by atoms with Crippen LogP contribution in [0.4, 0.5) is 20.3 Å². The van der Waals surface area contributed by atoms with Crippen LogP contribution in [-0.4, -0.2) is 106 Å². The molecule has 0 spiro atoms. The van der Waals surface area contributed by atoms with E-state index in [1.54, 1.807) is 21.9 Å². The summed E-state index contributed by atoms with van der Waals surface area (Å²) in [6.07, 6.45) is 4.87. The molecule has 274 valence electrons. The number of nitrogens with zero attached hydrogens (tertiary/aromatic N) is 5. The minimum absolute atomic E-state index is 0.0284. The van der Waals surface area contributed by atoms with Crippen molar-refractivity contribution in [2.24, 2.45) is 17.6 Å². The number of benzene rings is 1. The summed E-state index contributed by atoms with van der Waals surface area (Å²) in [5, 5.41) is 3.02. The lowest BCUT2D eigenvalue weighted by Gasteiger charge is -2.36. The van der Waals surface area contributed by atoms with Gasteiger partial charge in [0.15, 0.2) is 0 Å². The van der Waals surface area contributed by atoms with E-state index < -0.39 is 21.9 Å². The summed E-state index contributed by atoms with van der Waals surface area (Å²) < 4.78 is 61.2. The number of halogens is 3. The number of pyridine rings is 1. The first-order valence-electron chi connectivity index (χ1n) is 18.0. The first-order valence-corrected chi connectivity index (χ1v) is 19.8. The predicted molar refractivity (Wildman–Crippen MR) is 189 cm³/mol. The number of carbonyl (C=O) groups excluding carboxylic acids is 2. The molecule has 3 aliphatic heterocycles. The van der Waals surface area contributed by atoms with Crippen molar-refractivity contribution in [1.29, 1.82) is 0 Å². The third kappa shape index (κ3) is 7.94. The molecule has 6 rings (SSSR count). The summed E-state index contributed by atoms with van der Waals surface area (Å²) in [6, 6.07) is 8.92. The van der Waals surface area contributed by atoms with Crippen LogP contribution in [0.15, 0.2) is 41.3 Å². The van der Waals surface area contributed by atoms with Gasteiger partial charge in [-0.05, 0) is 68.5 Å². The molecule has 4 aliphatic rings. The summed E-state index contributed by atoms with van der Waals surface area (Å²) in [4.78, 5) is 32.9. The van der Waals surface area contributed by atoms with E-state index in [0.717, 1.165) is 37.1 Å². The lowest BCUT2D eigenvalue weighted by Crippen LogP contribution is -2.52. The molecule has 4 heterocycles. The van der Waals surface area contributed by atoms with Crippen molar-refractivity contribution >= 4 is 44.9 Å². The quantitative estimate of drug-likeness (QED) is 0.250. The minimum Gasteiger partial charge on any atom is -0.354 e. The van der Waals surface area contributed by atoms with Crippen molar-refractivity contribution in [1.82, 2.24) is 14.6 Å². The molecule has 3 N–H and O–H groups in total. The predicted octanol–water partition coefficient (Wildman–Crippen LogP) is 3.96. The molecule has 15 heteroatoms. The molecule has 3 saturated heterocycles. The molecular weight excluding hydrogens is 688 g/mol. The normalized spacial score (nSPS) is 23.4. The average molecular weight is 737 g/mol. The Morgan fingerprint density at radius 1 is 0.980 bits per heavy atom. The van der Waals surface area contributed by atoms with Gasteiger partial charge in [-0.15, -0.1) is 0 Å². The number of nitrogens with one attached hydrogen (secondary N) is 1. The van der Waals surface area contributed by atoms with Crippen LogP contribution in [0.2, 0.25) is 5.15 Å². The van der Waals surface area contributed by atoms with Crippen LogP contribution < -0.4 is 20.9 Å². The van der Waals surface area contributed by atoms with E-state index in [0.29, 0.717) is 44.6 Å². The Kier molecular flexibility index (Phi) is 11.3. The fourth-order valence-corrected chi connectivity index (χ4v) is 9.84. The second-order valence-corrected chi connectivity index (χ2v) is 16.6. The highest BCUT2D eigenvalue weighted by Gasteiger charge is 2.45. The second kappa shape index (κ2) is 15.4. The number of nitrogens with two attached hydrogens (primary N) is 1. The second-order valence-electron chi connectivity index (χ2n) is 14.3. The van der Waals surface area contributed by atoms with Gasteiger partial charge in [0.1, 0.15) is 11.0 Å². The van der Waals surface area contributed by atoms with E-state index in [9.17, 15) is 18.0 Å². The lowest BCUT2D eigenvalue weighted by molar-refractivity contribution is -0.914. The van der Waals surface area contributed by atoms with E-state index in [4.69, 9.17) is 17.3 Å². The molecule has 0 atom stereocenters. The summed E-state index contributed by atoms with van der Waals surface area (Å²) in [5.74, 6) is -4.12. The number of piperazine rings is 1. The SMILES string of the molecule is NCC[N+]1(CCNC(=O)C2CCC(C(F)(F)c3cc(Cl)nc(N4CCN(S(=O)(=O)c5ccc(N6CCCC6=O)cc5)CC4)c3)CC2)CCCC1. The Morgan fingerprint density at radius 3 is 2.28 bits per heavy atom. The highest BCUT2D eigenvalue weighted by Crippen LogP contribution is 2.46. The van der Waals surface area contributed by atoms with Crippen LogP contribution in [-0.2, 0) is 25.5 Å². The number of amides is 2. The van der Waals surface area contributed by atoms with Gasteiger partial charge in [-0.25, -0.2) is 22.2 Å². The Bertz CT molecular complexity index is 1630. The fraction of sp³-hybridized carbons (Fsp3) is 0.629. The van der Waals surface area contributed by atoms with Gasteiger partial charge < -0.3 is 25.3 Å². The third-order valence-electron chi connectivity index (χ3n) is 11.2. The number of likely N-dealkylation sites (tertiary alicyclic amines) is 1. The Balaban J connectivity index is 1.02. The summed E-state index contributed by atoms with van der Waals surface area (Å²) >= 11 is 6.29. The summed E-state index contributed by atoms with van der Waals surface area (Å²) in [5.41, 5.74) is 6.30. The van der Waals surface area contributed by atoms with E-state index in [2.05, 4.69) is 10.3 Å². The molecular formula is C35H49ClF2N7O4S+. The monoisotopic (exact) mass is 736 g/mol. The van der Waals surface area contributed by atoms with Gasteiger partial charge in [0.05, 0.1) is 37.6 Å². The zero-order chi connectivity index (χ0) is 35.5. The molecule has 1 aromatic heterocycles. The van der Waals surface area contributed by atoms with E-state index in [-0.39, 0.29) is 78.2 Å². The van der Waals surface area contributed by atoms with Gasteiger partial charge in [-0.3, -0.25) is 9.59 Å². The maximum Gasteiger partial charge on any atom is 0.276 e. The number of alkyl halides is 2. The van der Waals surface area contributed by atoms with Crippen molar-refractivity contribution in [3.63, 3.8) is 0 Å². The van der Waals surface area contributed by atoms with E-state index in [1.165, 1.54) is 41.4 Å². The standard InChI is InChI=1S/C35H48ClF2N7O4S/c36-31-24-28(35(37,38)27-7-5-26(6-8-27)34(47)40-14-23-45(22-13-39)20-1-2-21-45)25-32(41-31)42-16-18-43(19-17-42)50(48,49)30-11-9-29(10-12-30)44-15-3-4-33(44)46/h9-12,24-27H,1-8,13-23,39H2/p+1. The van der Waals surface area contributed by atoms with E-state index >= 15 is 8.78 Å². The van der Waals surface area contributed by atoms with Crippen LogP contribution in [0.3, 0.4) is 0 Å². The van der Waals surface area contributed by atoms with Crippen molar-refractivity contribution in [3.05, 3.63) is 47.1 Å². The number of sulfonamides is 1. The zero-order valence-corrected chi connectivity index (χ0v) is 30.1. The van der Waals surface area contributed by atoms with Crippen LogP contribution in [0.25, 0.3) is 0 Å². The number of anilines is 2. The van der Waals surface area contributed by atoms with Crippen LogP contribution in [0.5, 0.6) is 0 Å². The largest absolute Gasteiger partial charge is 0.354 e. The van der Waals surface area contributed by atoms with Crippen LogP contribution in [0.1, 0.15) is 56.9 Å². The maximum absolute atomic E-state index is 16.0. The van der Waals surface area contributed by atoms with Crippen LogP contribution >= 0.6 is 11.6 Å². The Labute approximate surface area is 298 Å². The van der Waals surface area contributed by atoms with Crippen molar-refractivity contribution in [2.75, 3.05) is 81.8 Å². The molecule has 2 amide bonds. The number of carbonyl (C=O) groups is 2. The van der Waals surface area contributed by atoms with Crippen molar-refractivity contribution in [2.45, 2.75) is 62.2 Å². The average Bonchev–Trinajstić information content (AvgIpc) is 3.77. The third-order valence-corrected chi connectivity index (χ3v) is 13.3.